The summed E-state index contributed by atoms with van der Waals surface area (Å²) in [6.45, 7) is 2.09. The molecule has 0 radical (unpaired) electrons. The standard InChI is InChI=1S/C14H14ClNS/c15-12-4-1-3-11(7-12)14(9-16-10-14)8-13-5-2-6-17-13/h1-7,16H,8-10H2. The van der Waals surface area contributed by atoms with Crippen LogP contribution in [0.2, 0.25) is 5.02 Å². The van der Waals surface area contributed by atoms with Crippen molar-refractivity contribution in [1.82, 2.24) is 5.32 Å². The minimum Gasteiger partial charge on any atom is -0.315 e. The molecule has 0 spiro atoms. The lowest BCUT2D eigenvalue weighted by molar-refractivity contribution is 0.276. The van der Waals surface area contributed by atoms with Gasteiger partial charge in [0.25, 0.3) is 0 Å². The molecule has 2 aromatic rings. The van der Waals surface area contributed by atoms with E-state index in [1.807, 2.05) is 23.5 Å². The molecule has 1 aromatic heterocycles. The first kappa shape index (κ1) is 11.3. The molecule has 3 rings (SSSR count). The molecule has 0 bridgehead atoms. The van der Waals surface area contributed by atoms with Crippen molar-refractivity contribution in [1.29, 1.82) is 0 Å². The Balaban J connectivity index is 1.92. The van der Waals surface area contributed by atoms with E-state index in [-0.39, 0.29) is 5.41 Å². The van der Waals surface area contributed by atoms with Gasteiger partial charge in [-0.05, 0) is 35.6 Å². The molecule has 2 heterocycles. The van der Waals surface area contributed by atoms with Crippen LogP contribution in [-0.2, 0) is 11.8 Å². The van der Waals surface area contributed by atoms with E-state index in [1.54, 1.807) is 0 Å². The summed E-state index contributed by atoms with van der Waals surface area (Å²) in [6.07, 6.45) is 1.11. The Hall–Kier alpha value is -0.830. The zero-order valence-electron chi connectivity index (χ0n) is 9.45. The molecule has 17 heavy (non-hydrogen) atoms. The fourth-order valence-corrected chi connectivity index (χ4v) is 3.46. The van der Waals surface area contributed by atoms with Crippen molar-refractivity contribution in [3.05, 3.63) is 57.2 Å². The van der Waals surface area contributed by atoms with Gasteiger partial charge in [-0.2, -0.15) is 0 Å². The molecule has 1 aliphatic rings. The SMILES string of the molecule is Clc1cccc(C2(Cc3cccs3)CNC2)c1. The quantitative estimate of drug-likeness (QED) is 0.894. The highest BCUT2D eigenvalue weighted by atomic mass is 35.5. The summed E-state index contributed by atoms with van der Waals surface area (Å²) in [4.78, 5) is 1.45. The van der Waals surface area contributed by atoms with Gasteiger partial charge >= 0.3 is 0 Å². The number of halogens is 1. The van der Waals surface area contributed by atoms with E-state index < -0.39 is 0 Å². The number of thiophene rings is 1. The molecule has 0 aliphatic carbocycles. The molecule has 0 amide bonds. The fraction of sp³-hybridized carbons (Fsp3) is 0.286. The van der Waals surface area contributed by atoms with Crippen LogP contribution in [0.3, 0.4) is 0 Å². The second kappa shape index (κ2) is 4.45. The molecule has 1 fully saturated rings. The Kier molecular flexibility index (Phi) is 2.95. The minimum absolute atomic E-state index is 0.246. The largest absolute Gasteiger partial charge is 0.315 e. The zero-order valence-corrected chi connectivity index (χ0v) is 11.0. The van der Waals surface area contributed by atoms with E-state index in [4.69, 9.17) is 11.6 Å². The fourth-order valence-electron chi connectivity index (χ4n) is 2.42. The molecule has 0 unspecified atom stereocenters. The molecule has 1 N–H and O–H groups in total. The van der Waals surface area contributed by atoms with Crippen molar-refractivity contribution in [2.24, 2.45) is 0 Å². The van der Waals surface area contributed by atoms with Crippen molar-refractivity contribution in [3.8, 4) is 0 Å². The molecule has 1 aliphatic heterocycles. The monoisotopic (exact) mass is 263 g/mol. The Morgan fingerprint density at radius 1 is 1.24 bits per heavy atom. The topological polar surface area (TPSA) is 12.0 Å². The highest BCUT2D eigenvalue weighted by Crippen LogP contribution is 2.34. The average Bonchev–Trinajstić information content (AvgIpc) is 2.76. The summed E-state index contributed by atoms with van der Waals surface area (Å²) < 4.78 is 0. The average molecular weight is 264 g/mol. The molecule has 0 atom stereocenters. The predicted molar refractivity (Wildman–Crippen MR) is 74.0 cm³/mol. The lowest BCUT2D eigenvalue weighted by Crippen LogP contribution is -2.58. The zero-order chi connectivity index (χ0) is 11.7. The third-order valence-electron chi connectivity index (χ3n) is 3.46. The van der Waals surface area contributed by atoms with Gasteiger partial charge in [0, 0.05) is 28.4 Å². The van der Waals surface area contributed by atoms with Crippen LogP contribution in [0.4, 0.5) is 0 Å². The second-order valence-electron chi connectivity index (χ2n) is 4.65. The van der Waals surface area contributed by atoms with Gasteiger partial charge in [0.1, 0.15) is 0 Å². The van der Waals surface area contributed by atoms with Crippen molar-refractivity contribution >= 4 is 22.9 Å². The first-order valence-electron chi connectivity index (χ1n) is 5.78. The van der Waals surface area contributed by atoms with Gasteiger partial charge < -0.3 is 5.32 Å². The van der Waals surface area contributed by atoms with Crippen LogP contribution >= 0.6 is 22.9 Å². The molecule has 1 aromatic carbocycles. The summed E-state index contributed by atoms with van der Waals surface area (Å²) in [6, 6.07) is 12.6. The van der Waals surface area contributed by atoms with Crippen LogP contribution in [0.1, 0.15) is 10.4 Å². The van der Waals surface area contributed by atoms with Gasteiger partial charge in [0.15, 0.2) is 0 Å². The summed E-state index contributed by atoms with van der Waals surface area (Å²) in [5.41, 5.74) is 1.60. The first-order valence-corrected chi connectivity index (χ1v) is 7.03. The lowest BCUT2D eigenvalue weighted by atomic mass is 9.72. The highest BCUT2D eigenvalue weighted by molar-refractivity contribution is 7.09. The Bertz CT molecular complexity index is 503. The number of rotatable bonds is 3. The number of hydrogen-bond acceptors (Lipinski definition) is 2. The van der Waals surface area contributed by atoms with E-state index in [0.717, 1.165) is 24.5 Å². The van der Waals surface area contributed by atoms with Gasteiger partial charge in [-0.3, -0.25) is 0 Å². The van der Waals surface area contributed by atoms with E-state index >= 15 is 0 Å². The van der Waals surface area contributed by atoms with E-state index in [2.05, 4.69) is 35.0 Å². The van der Waals surface area contributed by atoms with E-state index in [0.29, 0.717) is 0 Å². The van der Waals surface area contributed by atoms with Gasteiger partial charge in [-0.1, -0.05) is 29.8 Å². The second-order valence-corrected chi connectivity index (χ2v) is 6.12. The predicted octanol–water partition coefficient (Wildman–Crippen LogP) is 3.49. The molecule has 3 heteroatoms. The maximum absolute atomic E-state index is 6.10. The molecule has 0 saturated carbocycles. The van der Waals surface area contributed by atoms with E-state index in [1.165, 1.54) is 10.4 Å². The Morgan fingerprint density at radius 2 is 2.12 bits per heavy atom. The van der Waals surface area contributed by atoms with Gasteiger partial charge in [0.2, 0.25) is 0 Å². The molecule has 1 nitrogen and oxygen atoms in total. The van der Waals surface area contributed by atoms with Gasteiger partial charge in [-0.25, -0.2) is 0 Å². The normalized spacial score (nSPS) is 17.7. The van der Waals surface area contributed by atoms with Crippen molar-refractivity contribution in [3.63, 3.8) is 0 Å². The Morgan fingerprint density at radius 3 is 2.71 bits per heavy atom. The van der Waals surface area contributed by atoms with Crippen molar-refractivity contribution in [2.75, 3.05) is 13.1 Å². The number of benzene rings is 1. The number of hydrogen-bond donors (Lipinski definition) is 1. The lowest BCUT2D eigenvalue weighted by Gasteiger charge is -2.43. The van der Waals surface area contributed by atoms with E-state index in [9.17, 15) is 0 Å². The van der Waals surface area contributed by atoms with Crippen molar-refractivity contribution < 1.29 is 0 Å². The summed E-state index contributed by atoms with van der Waals surface area (Å²) in [5, 5.41) is 6.37. The first-order chi connectivity index (χ1) is 8.28. The van der Waals surface area contributed by atoms with Crippen molar-refractivity contribution in [2.45, 2.75) is 11.8 Å². The molecule has 1 saturated heterocycles. The third kappa shape index (κ3) is 2.13. The van der Waals surface area contributed by atoms with Crippen LogP contribution < -0.4 is 5.32 Å². The summed E-state index contributed by atoms with van der Waals surface area (Å²) in [5.74, 6) is 0. The third-order valence-corrected chi connectivity index (χ3v) is 4.57. The van der Waals surface area contributed by atoms with Crippen LogP contribution in [-0.4, -0.2) is 13.1 Å². The van der Waals surface area contributed by atoms with Crippen LogP contribution in [0.15, 0.2) is 41.8 Å². The minimum atomic E-state index is 0.246. The molecule has 88 valence electrons. The van der Waals surface area contributed by atoms with Crippen LogP contribution in [0.25, 0.3) is 0 Å². The maximum Gasteiger partial charge on any atom is 0.0408 e. The summed E-state index contributed by atoms with van der Waals surface area (Å²) >= 11 is 7.93. The maximum atomic E-state index is 6.10. The highest BCUT2D eigenvalue weighted by Gasteiger charge is 2.38. The van der Waals surface area contributed by atoms with Gasteiger partial charge in [-0.15, -0.1) is 11.3 Å². The summed E-state index contributed by atoms with van der Waals surface area (Å²) in [7, 11) is 0. The Labute approximate surface area is 110 Å². The van der Waals surface area contributed by atoms with Crippen LogP contribution in [0, 0.1) is 0 Å². The van der Waals surface area contributed by atoms with Crippen LogP contribution in [0.5, 0.6) is 0 Å². The number of nitrogens with one attached hydrogen (secondary N) is 1. The molecular formula is C14H14ClNS. The molecular weight excluding hydrogens is 250 g/mol. The smallest absolute Gasteiger partial charge is 0.0408 e. The van der Waals surface area contributed by atoms with Gasteiger partial charge in [0.05, 0.1) is 0 Å².